The topological polar surface area (TPSA) is 66.4 Å². The maximum atomic E-state index is 11.3. The highest BCUT2D eigenvalue weighted by atomic mass is 32.2. The standard InChI is InChI=1S/C9H19NO3S/c1-4-5-14(12,13)10-9(7-11)6-8(2)3/h4,8-11H,1,5-7H2,2-3H3. The van der Waals surface area contributed by atoms with Crippen LogP contribution in [0.2, 0.25) is 0 Å². The first-order valence-electron chi connectivity index (χ1n) is 4.63. The van der Waals surface area contributed by atoms with Gasteiger partial charge < -0.3 is 5.11 Å². The number of aliphatic hydroxyl groups is 1. The first kappa shape index (κ1) is 13.6. The molecule has 0 rings (SSSR count). The van der Waals surface area contributed by atoms with Gasteiger partial charge in [0, 0.05) is 6.04 Å². The number of hydrogen-bond acceptors (Lipinski definition) is 3. The van der Waals surface area contributed by atoms with Gasteiger partial charge in [0.15, 0.2) is 0 Å². The van der Waals surface area contributed by atoms with Crippen LogP contribution >= 0.6 is 0 Å². The van der Waals surface area contributed by atoms with Crippen LogP contribution in [0.15, 0.2) is 12.7 Å². The Labute approximate surface area is 86.1 Å². The Hall–Kier alpha value is -0.390. The molecule has 0 aliphatic carbocycles. The molecular weight excluding hydrogens is 202 g/mol. The van der Waals surface area contributed by atoms with Crippen molar-refractivity contribution in [2.75, 3.05) is 12.4 Å². The molecule has 0 aromatic rings. The minimum atomic E-state index is -3.32. The van der Waals surface area contributed by atoms with Crippen molar-refractivity contribution in [3.63, 3.8) is 0 Å². The van der Waals surface area contributed by atoms with Crippen molar-refractivity contribution < 1.29 is 13.5 Å². The minimum Gasteiger partial charge on any atom is -0.395 e. The number of sulfonamides is 1. The monoisotopic (exact) mass is 221 g/mol. The highest BCUT2D eigenvalue weighted by molar-refractivity contribution is 7.89. The predicted octanol–water partition coefficient (Wildman–Crippen LogP) is 0.499. The van der Waals surface area contributed by atoms with Gasteiger partial charge in [-0.05, 0) is 12.3 Å². The molecule has 0 heterocycles. The largest absolute Gasteiger partial charge is 0.395 e. The Morgan fingerprint density at radius 1 is 1.50 bits per heavy atom. The first-order valence-corrected chi connectivity index (χ1v) is 6.28. The van der Waals surface area contributed by atoms with E-state index in [4.69, 9.17) is 5.11 Å². The Morgan fingerprint density at radius 2 is 2.07 bits per heavy atom. The zero-order valence-corrected chi connectivity index (χ0v) is 9.55. The third-order valence-corrected chi connectivity index (χ3v) is 3.03. The van der Waals surface area contributed by atoms with E-state index in [-0.39, 0.29) is 18.4 Å². The van der Waals surface area contributed by atoms with E-state index in [0.717, 1.165) is 0 Å². The van der Waals surface area contributed by atoms with Crippen LogP contribution in [0.5, 0.6) is 0 Å². The molecule has 0 aliphatic heterocycles. The third kappa shape index (κ3) is 6.12. The molecule has 0 amide bonds. The van der Waals surface area contributed by atoms with Crippen molar-refractivity contribution in [1.29, 1.82) is 0 Å². The lowest BCUT2D eigenvalue weighted by atomic mass is 10.1. The smallest absolute Gasteiger partial charge is 0.215 e. The second-order valence-electron chi connectivity index (χ2n) is 3.70. The normalized spacial score (nSPS) is 14.3. The van der Waals surface area contributed by atoms with Crippen LogP contribution in [0.3, 0.4) is 0 Å². The van der Waals surface area contributed by atoms with Crippen LogP contribution in [0.1, 0.15) is 20.3 Å². The first-order chi connectivity index (χ1) is 6.41. The van der Waals surface area contributed by atoms with E-state index in [0.29, 0.717) is 12.3 Å². The van der Waals surface area contributed by atoms with Gasteiger partial charge in [-0.3, -0.25) is 0 Å². The summed E-state index contributed by atoms with van der Waals surface area (Å²) in [5, 5.41) is 8.95. The van der Waals surface area contributed by atoms with E-state index in [1.807, 2.05) is 13.8 Å². The van der Waals surface area contributed by atoms with Gasteiger partial charge in [0.2, 0.25) is 10.0 Å². The molecule has 0 saturated heterocycles. The molecule has 14 heavy (non-hydrogen) atoms. The fourth-order valence-corrected chi connectivity index (χ4v) is 2.27. The van der Waals surface area contributed by atoms with Gasteiger partial charge in [-0.2, -0.15) is 0 Å². The maximum Gasteiger partial charge on any atom is 0.215 e. The van der Waals surface area contributed by atoms with Crippen LogP contribution < -0.4 is 4.72 Å². The van der Waals surface area contributed by atoms with E-state index in [1.165, 1.54) is 6.08 Å². The Kier molecular flexibility index (Phi) is 5.99. The van der Waals surface area contributed by atoms with Crippen molar-refractivity contribution in [1.82, 2.24) is 4.72 Å². The van der Waals surface area contributed by atoms with Crippen LogP contribution in [0.4, 0.5) is 0 Å². The van der Waals surface area contributed by atoms with Crippen molar-refractivity contribution in [3.05, 3.63) is 12.7 Å². The summed E-state index contributed by atoms with van der Waals surface area (Å²) in [5.41, 5.74) is 0. The third-order valence-electron chi connectivity index (χ3n) is 1.66. The van der Waals surface area contributed by atoms with Gasteiger partial charge in [-0.15, -0.1) is 6.58 Å². The van der Waals surface area contributed by atoms with Crippen molar-refractivity contribution in [2.45, 2.75) is 26.3 Å². The molecule has 0 spiro atoms. The maximum absolute atomic E-state index is 11.3. The summed E-state index contributed by atoms with van der Waals surface area (Å²) in [6, 6.07) is -0.389. The summed E-state index contributed by atoms with van der Waals surface area (Å²) < 4.78 is 25.0. The van der Waals surface area contributed by atoms with Gasteiger partial charge in [0.1, 0.15) is 0 Å². The number of nitrogens with one attached hydrogen (secondary N) is 1. The predicted molar refractivity (Wildman–Crippen MR) is 57.4 cm³/mol. The summed E-state index contributed by atoms with van der Waals surface area (Å²) in [7, 11) is -3.32. The molecule has 2 N–H and O–H groups in total. The second-order valence-corrected chi connectivity index (χ2v) is 5.50. The van der Waals surface area contributed by atoms with E-state index >= 15 is 0 Å². The second kappa shape index (κ2) is 6.16. The quantitative estimate of drug-likeness (QED) is 0.615. The molecule has 84 valence electrons. The molecule has 1 unspecified atom stereocenters. The summed E-state index contributed by atoms with van der Waals surface area (Å²) in [6.45, 7) is 7.14. The fraction of sp³-hybridized carbons (Fsp3) is 0.778. The van der Waals surface area contributed by atoms with E-state index in [2.05, 4.69) is 11.3 Å². The number of hydrogen-bond donors (Lipinski definition) is 2. The van der Waals surface area contributed by atoms with Gasteiger partial charge in [0.05, 0.1) is 12.4 Å². The lowest BCUT2D eigenvalue weighted by Gasteiger charge is -2.17. The number of rotatable bonds is 7. The zero-order chi connectivity index (χ0) is 11.2. The molecule has 5 heteroatoms. The molecular formula is C9H19NO3S. The fourth-order valence-electron chi connectivity index (χ4n) is 1.19. The molecule has 0 fully saturated rings. The van der Waals surface area contributed by atoms with E-state index < -0.39 is 10.0 Å². The van der Waals surface area contributed by atoms with Crippen molar-refractivity contribution in [3.8, 4) is 0 Å². The average Bonchev–Trinajstić information content (AvgIpc) is 2.01. The summed E-state index contributed by atoms with van der Waals surface area (Å²) in [5.74, 6) is 0.236. The van der Waals surface area contributed by atoms with E-state index in [9.17, 15) is 8.42 Å². The van der Waals surface area contributed by atoms with Gasteiger partial charge in [0.25, 0.3) is 0 Å². The van der Waals surface area contributed by atoms with Crippen LogP contribution in [-0.2, 0) is 10.0 Å². The molecule has 0 aromatic carbocycles. The average molecular weight is 221 g/mol. The van der Waals surface area contributed by atoms with Gasteiger partial charge in [-0.25, -0.2) is 13.1 Å². The SMILES string of the molecule is C=CCS(=O)(=O)NC(CO)CC(C)C. The molecule has 1 atom stereocenters. The van der Waals surface area contributed by atoms with E-state index in [1.54, 1.807) is 0 Å². The molecule has 0 aliphatic rings. The highest BCUT2D eigenvalue weighted by Crippen LogP contribution is 2.05. The number of aliphatic hydroxyl groups excluding tert-OH is 1. The Bertz CT molecular complexity index is 259. The lowest BCUT2D eigenvalue weighted by Crippen LogP contribution is -2.39. The lowest BCUT2D eigenvalue weighted by molar-refractivity contribution is 0.240. The van der Waals surface area contributed by atoms with Gasteiger partial charge in [-0.1, -0.05) is 19.9 Å². The van der Waals surface area contributed by atoms with Crippen LogP contribution in [-0.4, -0.2) is 31.9 Å². The van der Waals surface area contributed by atoms with Crippen molar-refractivity contribution >= 4 is 10.0 Å². The van der Waals surface area contributed by atoms with Gasteiger partial charge >= 0.3 is 0 Å². The molecule has 0 aromatic heterocycles. The van der Waals surface area contributed by atoms with Crippen LogP contribution in [0.25, 0.3) is 0 Å². The highest BCUT2D eigenvalue weighted by Gasteiger charge is 2.16. The van der Waals surface area contributed by atoms with Crippen molar-refractivity contribution in [2.24, 2.45) is 5.92 Å². The zero-order valence-electron chi connectivity index (χ0n) is 8.73. The Morgan fingerprint density at radius 3 is 2.43 bits per heavy atom. The summed E-state index contributed by atoms with van der Waals surface area (Å²) in [6.07, 6.45) is 1.96. The van der Waals surface area contributed by atoms with Crippen LogP contribution in [0, 0.1) is 5.92 Å². The molecule has 0 saturated carbocycles. The molecule has 0 radical (unpaired) electrons. The molecule has 4 nitrogen and oxygen atoms in total. The summed E-state index contributed by atoms with van der Waals surface area (Å²) in [4.78, 5) is 0. The molecule has 0 bridgehead atoms. The minimum absolute atomic E-state index is 0.110. The Balaban J connectivity index is 4.23. The summed E-state index contributed by atoms with van der Waals surface area (Å²) >= 11 is 0.